The highest BCUT2D eigenvalue weighted by atomic mass is 35.5. The van der Waals surface area contributed by atoms with Crippen molar-refractivity contribution in [2.24, 2.45) is 0 Å². The largest absolute Gasteiger partial charge is 0.320 e. The van der Waals surface area contributed by atoms with Crippen LogP contribution in [0.5, 0.6) is 0 Å². The van der Waals surface area contributed by atoms with Crippen LogP contribution in [-0.4, -0.2) is 12.3 Å². The fraction of sp³-hybridized carbons (Fsp3) is 0.267. The van der Waals surface area contributed by atoms with Crippen molar-refractivity contribution >= 4 is 40.4 Å². The number of carbonyl (C=O) groups excluding carboxylic acids is 1. The Morgan fingerprint density at radius 1 is 1.26 bits per heavy atom. The highest BCUT2D eigenvalue weighted by molar-refractivity contribution is 7.20. The van der Waals surface area contributed by atoms with Crippen LogP contribution in [-0.2, 0) is 4.74 Å². The molecular weight excluding hydrogens is 357 g/mol. The average Bonchev–Trinajstić information content (AvgIpc) is 3.08. The van der Waals surface area contributed by atoms with Crippen molar-refractivity contribution < 1.29 is 9.53 Å². The summed E-state index contributed by atoms with van der Waals surface area (Å²) < 4.78 is 6.61. The molecule has 0 aliphatic carbocycles. The number of hydrogen-bond donors (Lipinski definition) is 3. The zero-order chi connectivity index (χ0) is 16.6. The second kappa shape index (κ2) is 6.76. The van der Waals surface area contributed by atoms with Gasteiger partial charge in [-0.2, -0.15) is 0 Å². The van der Waals surface area contributed by atoms with Gasteiger partial charge >= 0.3 is 0 Å². The first kappa shape index (κ1) is 16.7. The summed E-state index contributed by atoms with van der Waals surface area (Å²) in [7, 11) is 0. The monoisotopic (exact) mass is 371 g/mol. The number of amides is 1. The third-order valence-electron chi connectivity index (χ3n) is 3.50. The Balaban J connectivity index is 1.67. The van der Waals surface area contributed by atoms with Gasteiger partial charge in [-0.1, -0.05) is 47.0 Å². The van der Waals surface area contributed by atoms with Crippen LogP contribution in [0.4, 0.5) is 0 Å². The Bertz CT molecular complexity index is 750. The smallest absolute Gasteiger partial charge is 0.256 e. The van der Waals surface area contributed by atoms with E-state index in [9.17, 15) is 4.79 Å². The van der Waals surface area contributed by atoms with E-state index < -0.39 is 6.35 Å². The number of hydrazine groups is 1. The van der Waals surface area contributed by atoms with Crippen LogP contribution in [0.3, 0.4) is 0 Å². The SMILES string of the molecule is Cc1ccc(C)c(C2NNC(NC(=O)c3cc(Cl)sc3Cl)O2)c1. The molecule has 1 amide bonds. The minimum Gasteiger partial charge on any atom is -0.320 e. The molecule has 1 aromatic heterocycles. The van der Waals surface area contributed by atoms with E-state index in [1.807, 2.05) is 32.0 Å². The molecular formula is C15H15Cl2N3O2S. The zero-order valence-corrected chi connectivity index (χ0v) is 14.8. The third kappa shape index (κ3) is 3.68. The molecule has 0 saturated carbocycles. The van der Waals surface area contributed by atoms with Gasteiger partial charge < -0.3 is 10.1 Å². The predicted octanol–water partition coefficient (Wildman–Crippen LogP) is 3.51. The van der Waals surface area contributed by atoms with Crippen LogP contribution in [0.25, 0.3) is 0 Å². The van der Waals surface area contributed by atoms with Crippen LogP contribution >= 0.6 is 34.5 Å². The summed E-state index contributed by atoms with van der Waals surface area (Å²) in [5.74, 6) is -0.348. The highest BCUT2D eigenvalue weighted by Gasteiger charge is 2.28. The van der Waals surface area contributed by atoms with E-state index in [1.54, 1.807) is 0 Å². The Morgan fingerprint density at radius 2 is 2.04 bits per heavy atom. The lowest BCUT2D eigenvalue weighted by atomic mass is 10.0. The Hall–Kier alpha value is -1.15. The Kier molecular flexibility index (Phi) is 4.91. The number of ether oxygens (including phenoxy) is 1. The summed E-state index contributed by atoms with van der Waals surface area (Å²) in [6.45, 7) is 4.03. The summed E-state index contributed by atoms with van der Waals surface area (Å²) in [6, 6.07) is 7.67. The van der Waals surface area contributed by atoms with Crippen molar-refractivity contribution in [2.45, 2.75) is 26.4 Å². The van der Waals surface area contributed by atoms with Crippen LogP contribution in [0, 0.1) is 13.8 Å². The molecule has 8 heteroatoms. The van der Waals surface area contributed by atoms with Crippen LogP contribution < -0.4 is 16.2 Å². The minimum absolute atomic E-state index is 0.335. The molecule has 1 aliphatic heterocycles. The topological polar surface area (TPSA) is 62.4 Å². The van der Waals surface area contributed by atoms with E-state index >= 15 is 0 Å². The Labute approximate surface area is 147 Å². The van der Waals surface area contributed by atoms with Gasteiger partial charge in [0, 0.05) is 0 Å². The molecule has 3 N–H and O–H groups in total. The standard InChI is InChI=1S/C15H15Cl2N3O2S/c1-7-3-4-8(2)9(5-7)14-19-20-15(22-14)18-13(21)10-6-11(16)23-12(10)17/h3-6,14-15,19-20H,1-2H3,(H,18,21). The second-order valence-electron chi connectivity index (χ2n) is 5.26. The quantitative estimate of drug-likeness (QED) is 0.772. The van der Waals surface area contributed by atoms with Crippen molar-refractivity contribution in [2.75, 3.05) is 0 Å². The fourth-order valence-electron chi connectivity index (χ4n) is 2.31. The van der Waals surface area contributed by atoms with Gasteiger partial charge in [-0.3, -0.25) is 4.79 Å². The number of aryl methyl sites for hydroxylation is 2. The molecule has 1 aliphatic rings. The molecule has 2 unspecified atom stereocenters. The molecule has 1 fully saturated rings. The number of nitrogens with one attached hydrogen (secondary N) is 3. The number of halogens is 2. The highest BCUT2D eigenvalue weighted by Crippen LogP contribution is 2.31. The molecule has 5 nitrogen and oxygen atoms in total. The average molecular weight is 372 g/mol. The zero-order valence-electron chi connectivity index (χ0n) is 12.4. The maximum absolute atomic E-state index is 12.2. The van der Waals surface area contributed by atoms with Crippen molar-refractivity contribution in [1.82, 2.24) is 16.2 Å². The number of hydrogen-bond acceptors (Lipinski definition) is 5. The van der Waals surface area contributed by atoms with Crippen LogP contribution in [0.2, 0.25) is 8.67 Å². The predicted molar refractivity (Wildman–Crippen MR) is 91.6 cm³/mol. The Morgan fingerprint density at radius 3 is 2.74 bits per heavy atom. The van der Waals surface area contributed by atoms with Gasteiger partial charge in [0.1, 0.15) is 4.34 Å². The lowest BCUT2D eigenvalue weighted by Gasteiger charge is -2.15. The van der Waals surface area contributed by atoms with Crippen molar-refractivity contribution in [3.63, 3.8) is 0 Å². The fourth-order valence-corrected chi connectivity index (χ4v) is 3.77. The molecule has 2 aromatic rings. The van der Waals surface area contributed by atoms with E-state index in [1.165, 1.54) is 6.07 Å². The molecule has 122 valence electrons. The first-order chi connectivity index (χ1) is 10.9. The normalized spacial score (nSPS) is 20.7. The molecule has 23 heavy (non-hydrogen) atoms. The van der Waals surface area contributed by atoms with Gasteiger partial charge in [0.05, 0.1) is 9.90 Å². The molecule has 2 atom stereocenters. The van der Waals surface area contributed by atoms with Gasteiger partial charge in [-0.05, 0) is 31.0 Å². The first-order valence-electron chi connectivity index (χ1n) is 6.93. The van der Waals surface area contributed by atoms with E-state index in [4.69, 9.17) is 27.9 Å². The van der Waals surface area contributed by atoms with Crippen LogP contribution in [0.1, 0.15) is 33.3 Å². The van der Waals surface area contributed by atoms with Gasteiger partial charge in [0.2, 0.25) is 6.35 Å². The van der Waals surface area contributed by atoms with Crippen molar-refractivity contribution in [3.8, 4) is 0 Å². The van der Waals surface area contributed by atoms with E-state index in [0.717, 1.165) is 28.0 Å². The van der Waals surface area contributed by atoms with Gasteiger partial charge in [0.15, 0.2) is 6.23 Å². The van der Waals surface area contributed by atoms with Crippen LogP contribution in [0.15, 0.2) is 24.3 Å². The number of benzene rings is 1. The number of carbonyl (C=O) groups is 1. The van der Waals surface area contributed by atoms with Gasteiger partial charge in [-0.15, -0.1) is 11.3 Å². The van der Waals surface area contributed by atoms with Crippen molar-refractivity contribution in [1.29, 1.82) is 0 Å². The number of rotatable bonds is 3. The molecule has 0 spiro atoms. The third-order valence-corrected chi connectivity index (χ3v) is 4.99. The maximum Gasteiger partial charge on any atom is 0.256 e. The molecule has 1 saturated heterocycles. The van der Waals surface area contributed by atoms with Gasteiger partial charge in [0.25, 0.3) is 5.91 Å². The maximum atomic E-state index is 12.2. The van der Waals surface area contributed by atoms with E-state index in [-0.39, 0.29) is 12.1 Å². The molecule has 1 aromatic carbocycles. The molecule has 2 heterocycles. The summed E-state index contributed by atoms with van der Waals surface area (Å²) in [5.41, 5.74) is 9.53. The van der Waals surface area contributed by atoms with E-state index in [2.05, 4.69) is 16.2 Å². The minimum atomic E-state index is -0.665. The van der Waals surface area contributed by atoms with E-state index in [0.29, 0.717) is 14.2 Å². The summed E-state index contributed by atoms with van der Waals surface area (Å²) in [6.07, 6.45) is -1.01. The first-order valence-corrected chi connectivity index (χ1v) is 8.50. The summed E-state index contributed by atoms with van der Waals surface area (Å²) in [4.78, 5) is 12.2. The number of thiophene rings is 1. The molecule has 3 rings (SSSR count). The second-order valence-corrected chi connectivity index (χ2v) is 7.54. The molecule has 0 radical (unpaired) electrons. The molecule has 0 bridgehead atoms. The lowest BCUT2D eigenvalue weighted by Crippen LogP contribution is -2.44. The van der Waals surface area contributed by atoms with Gasteiger partial charge in [-0.25, -0.2) is 10.9 Å². The lowest BCUT2D eigenvalue weighted by molar-refractivity contribution is 0.0154. The summed E-state index contributed by atoms with van der Waals surface area (Å²) in [5, 5.41) is 2.71. The van der Waals surface area contributed by atoms with Crippen molar-refractivity contribution in [3.05, 3.63) is 55.2 Å². The summed E-state index contributed by atoms with van der Waals surface area (Å²) >= 11 is 13.0.